The molecule has 6 heteroatoms. The Morgan fingerprint density at radius 3 is 2.79 bits per heavy atom. The second-order valence-electron chi connectivity index (χ2n) is 7.65. The van der Waals surface area contributed by atoms with E-state index in [1.165, 1.54) is 0 Å². The van der Waals surface area contributed by atoms with E-state index >= 15 is 0 Å². The molecule has 2 aliphatic heterocycles. The lowest BCUT2D eigenvalue weighted by atomic mass is 9.92. The van der Waals surface area contributed by atoms with Crippen LogP contribution in [0.5, 0.6) is 11.5 Å². The third kappa shape index (κ3) is 3.80. The van der Waals surface area contributed by atoms with Gasteiger partial charge in [0, 0.05) is 43.6 Å². The molecule has 3 rings (SSSR count). The number of carbonyl (C=O) groups excluding carboxylic acids is 2. The number of anilines is 1. The van der Waals surface area contributed by atoms with Crippen LogP contribution in [0.25, 0.3) is 0 Å². The van der Waals surface area contributed by atoms with Crippen molar-refractivity contribution < 1.29 is 19.1 Å². The Bertz CT molecular complexity index is 651. The first kappa shape index (κ1) is 16.6. The Balaban J connectivity index is 1.57. The largest absolute Gasteiger partial charge is 0.454 e. The Morgan fingerprint density at radius 2 is 2.04 bits per heavy atom. The quantitative estimate of drug-likeness (QED) is 0.919. The van der Waals surface area contributed by atoms with Gasteiger partial charge in [-0.15, -0.1) is 0 Å². The van der Waals surface area contributed by atoms with Crippen LogP contribution in [0.15, 0.2) is 18.2 Å². The minimum atomic E-state index is -0.0336. The van der Waals surface area contributed by atoms with Crippen LogP contribution < -0.4 is 19.7 Å². The van der Waals surface area contributed by atoms with Crippen molar-refractivity contribution in [1.82, 2.24) is 5.32 Å². The Hall–Kier alpha value is -2.24. The summed E-state index contributed by atoms with van der Waals surface area (Å²) in [5.41, 5.74) is 0.779. The highest BCUT2D eigenvalue weighted by molar-refractivity contribution is 5.96. The summed E-state index contributed by atoms with van der Waals surface area (Å²) in [5, 5.41) is 2.95. The molecule has 0 aromatic heterocycles. The third-order valence-corrected chi connectivity index (χ3v) is 4.15. The van der Waals surface area contributed by atoms with Crippen LogP contribution in [-0.2, 0) is 9.59 Å². The Morgan fingerprint density at radius 1 is 1.29 bits per heavy atom. The van der Waals surface area contributed by atoms with Gasteiger partial charge in [-0.05, 0) is 17.5 Å². The van der Waals surface area contributed by atoms with E-state index in [4.69, 9.17) is 9.47 Å². The molecule has 2 amide bonds. The zero-order valence-electron chi connectivity index (χ0n) is 14.4. The molecule has 6 nitrogen and oxygen atoms in total. The van der Waals surface area contributed by atoms with Crippen LogP contribution in [0, 0.1) is 11.3 Å². The topological polar surface area (TPSA) is 67.9 Å². The molecular formula is C18H24N2O4. The van der Waals surface area contributed by atoms with E-state index in [2.05, 4.69) is 5.32 Å². The van der Waals surface area contributed by atoms with Gasteiger partial charge in [0.25, 0.3) is 0 Å². The molecule has 0 radical (unpaired) electrons. The molecule has 1 aromatic rings. The molecule has 0 spiro atoms. The fraction of sp³-hybridized carbons (Fsp3) is 0.556. The van der Waals surface area contributed by atoms with Gasteiger partial charge in [-0.3, -0.25) is 9.59 Å². The normalized spacial score (nSPS) is 19.7. The van der Waals surface area contributed by atoms with Crippen LogP contribution in [0.4, 0.5) is 5.69 Å². The first-order chi connectivity index (χ1) is 11.3. The number of benzene rings is 1. The van der Waals surface area contributed by atoms with E-state index in [9.17, 15) is 9.59 Å². The van der Waals surface area contributed by atoms with Crippen molar-refractivity contribution in [2.75, 3.05) is 24.8 Å². The van der Waals surface area contributed by atoms with Crippen molar-refractivity contribution in [3.05, 3.63) is 18.2 Å². The summed E-state index contributed by atoms with van der Waals surface area (Å²) in [6, 6.07) is 5.52. The lowest BCUT2D eigenvalue weighted by Gasteiger charge is -2.19. The van der Waals surface area contributed by atoms with Gasteiger partial charge in [0.05, 0.1) is 0 Å². The number of nitrogens with zero attached hydrogens (tertiary/aromatic N) is 1. The van der Waals surface area contributed by atoms with Gasteiger partial charge in [-0.2, -0.15) is 0 Å². The summed E-state index contributed by atoms with van der Waals surface area (Å²) in [5.74, 6) is 1.62. The fourth-order valence-corrected chi connectivity index (χ4v) is 3.02. The molecule has 0 bridgehead atoms. The fourth-order valence-electron chi connectivity index (χ4n) is 3.02. The maximum atomic E-state index is 12.3. The van der Waals surface area contributed by atoms with E-state index in [0.29, 0.717) is 37.4 Å². The SMILES string of the molecule is CC(C)(C)CC(=O)NC[C@@H]1CC(=O)N(c2ccc3c(c2)OCO3)C1. The summed E-state index contributed by atoms with van der Waals surface area (Å²) in [7, 11) is 0. The maximum Gasteiger partial charge on any atom is 0.231 e. The van der Waals surface area contributed by atoms with Crippen molar-refractivity contribution in [1.29, 1.82) is 0 Å². The predicted octanol–water partition coefficient (Wildman–Crippen LogP) is 2.32. The zero-order valence-corrected chi connectivity index (χ0v) is 14.4. The molecule has 2 heterocycles. The molecule has 1 N–H and O–H groups in total. The van der Waals surface area contributed by atoms with Gasteiger partial charge in [0.1, 0.15) is 0 Å². The first-order valence-corrected chi connectivity index (χ1v) is 8.28. The number of hydrogen-bond donors (Lipinski definition) is 1. The van der Waals surface area contributed by atoms with Crippen LogP contribution in [-0.4, -0.2) is 31.7 Å². The molecule has 0 unspecified atom stereocenters. The van der Waals surface area contributed by atoms with Crippen LogP contribution in [0.1, 0.15) is 33.6 Å². The van der Waals surface area contributed by atoms with E-state index in [0.717, 1.165) is 5.69 Å². The van der Waals surface area contributed by atoms with Crippen molar-refractivity contribution in [2.45, 2.75) is 33.6 Å². The summed E-state index contributed by atoms with van der Waals surface area (Å²) in [4.78, 5) is 26.0. The van der Waals surface area contributed by atoms with Crippen molar-refractivity contribution >= 4 is 17.5 Å². The van der Waals surface area contributed by atoms with Gasteiger partial charge >= 0.3 is 0 Å². The van der Waals surface area contributed by atoms with E-state index in [1.54, 1.807) is 4.90 Å². The minimum Gasteiger partial charge on any atom is -0.454 e. The van der Waals surface area contributed by atoms with Gasteiger partial charge in [0.2, 0.25) is 18.6 Å². The maximum absolute atomic E-state index is 12.3. The summed E-state index contributed by atoms with van der Waals surface area (Å²) >= 11 is 0. The smallest absolute Gasteiger partial charge is 0.231 e. The van der Waals surface area contributed by atoms with Gasteiger partial charge < -0.3 is 19.7 Å². The molecule has 24 heavy (non-hydrogen) atoms. The number of fused-ring (bicyclic) bond motifs is 1. The summed E-state index contributed by atoms with van der Waals surface area (Å²) in [6.07, 6.45) is 0.934. The van der Waals surface area contributed by atoms with Gasteiger partial charge in [-0.25, -0.2) is 0 Å². The van der Waals surface area contributed by atoms with E-state index in [1.807, 2.05) is 39.0 Å². The highest BCUT2D eigenvalue weighted by atomic mass is 16.7. The number of amides is 2. The van der Waals surface area contributed by atoms with Crippen molar-refractivity contribution in [2.24, 2.45) is 11.3 Å². The van der Waals surface area contributed by atoms with Crippen LogP contribution in [0.3, 0.4) is 0 Å². The number of ether oxygens (including phenoxy) is 2. The van der Waals surface area contributed by atoms with E-state index < -0.39 is 0 Å². The molecule has 1 saturated heterocycles. The minimum absolute atomic E-state index is 0.0336. The summed E-state index contributed by atoms with van der Waals surface area (Å²) < 4.78 is 10.7. The Labute approximate surface area is 142 Å². The molecule has 0 aliphatic carbocycles. The number of nitrogens with one attached hydrogen (secondary N) is 1. The van der Waals surface area contributed by atoms with Crippen LogP contribution >= 0.6 is 0 Å². The van der Waals surface area contributed by atoms with Gasteiger partial charge in [-0.1, -0.05) is 20.8 Å². The second kappa shape index (κ2) is 6.34. The average molecular weight is 332 g/mol. The van der Waals surface area contributed by atoms with Crippen molar-refractivity contribution in [3.8, 4) is 11.5 Å². The zero-order chi connectivity index (χ0) is 17.3. The molecule has 0 saturated carbocycles. The van der Waals surface area contributed by atoms with Crippen LogP contribution in [0.2, 0.25) is 0 Å². The lowest BCUT2D eigenvalue weighted by molar-refractivity contribution is -0.123. The standard InChI is InChI=1S/C18H24N2O4/c1-18(2,3)8-16(21)19-9-12-6-17(22)20(10-12)13-4-5-14-15(7-13)24-11-23-14/h4-5,7,12H,6,8-11H2,1-3H3,(H,19,21)/t12-/m0/s1. The van der Waals surface area contributed by atoms with Crippen molar-refractivity contribution in [3.63, 3.8) is 0 Å². The highest BCUT2D eigenvalue weighted by Gasteiger charge is 2.31. The second-order valence-corrected chi connectivity index (χ2v) is 7.65. The number of rotatable bonds is 4. The predicted molar refractivity (Wildman–Crippen MR) is 90.1 cm³/mol. The molecule has 130 valence electrons. The third-order valence-electron chi connectivity index (χ3n) is 4.15. The summed E-state index contributed by atoms with van der Waals surface area (Å²) in [6.45, 7) is 7.46. The number of hydrogen-bond acceptors (Lipinski definition) is 4. The molecule has 1 aromatic carbocycles. The number of carbonyl (C=O) groups is 2. The highest BCUT2D eigenvalue weighted by Crippen LogP contribution is 2.37. The average Bonchev–Trinajstić information content (AvgIpc) is 3.08. The molecule has 1 atom stereocenters. The molecule has 2 aliphatic rings. The lowest BCUT2D eigenvalue weighted by Crippen LogP contribution is -2.33. The monoisotopic (exact) mass is 332 g/mol. The van der Waals surface area contributed by atoms with Gasteiger partial charge in [0.15, 0.2) is 11.5 Å². The molecular weight excluding hydrogens is 308 g/mol. The first-order valence-electron chi connectivity index (χ1n) is 8.28. The van der Waals surface area contributed by atoms with E-state index in [-0.39, 0.29) is 29.9 Å². The molecule has 1 fully saturated rings. The Kier molecular flexibility index (Phi) is 4.39.